The van der Waals surface area contributed by atoms with Crippen molar-refractivity contribution < 1.29 is 8.42 Å². The van der Waals surface area contributed by atoms with E-state index in [1.54, 1.807) is 12.3 Å². The quantitative estimate of drug-likeness (QED) is 0.840. The number of aryl methyl sites for hydroxylation is 2. The van der Waals surface area contributed by atoms with Gasteiger partial charge < -0.3 is 10.2 Å². The van der Waals surface area contributed by atoms with Crippen molar-refractivity contribution in [2.24, 2.45) is 5.14 Å². The predicted octanol–water partition coefficient (Wildman–Crippen LogP) is 1.22. The molecule has 8 nitrogen and oxygen atoms in total. The highest BCUT2D eigenvalue weighted by molar-refractivity contribution is 7.89. The first-order chi connectivity index (χ1) is 11.8. The Kier molecular flexibility index (Phi) is 4.87. The fraction of sp³-hybridized carbons (Fsp3) is 0.438. The number of anilines is 2. The highest BCUT2D eigenvalue weighted by Crippen LogP contribution is 2.23. The molecule has 0 amide bonds. The van der Waals surface area contributed by atoms with Gasteiger partial charge in [0.15, 0.2) is 0 Å². The number of rotatable bonds is 4. The molecule has 0 atom stereocenters. The lowest BCUT2D eigenvalue weighted by atomic mass is 10.0. The summed E-state index contributed by atoms with van der Waals surface area (Å²) < 4.78 is 23.3. The summed E-state index contributed by atoms with van der Waals surface area (Å²) in [6.07, 6.45) is 3.25. The van der Waals surface area contributed by atoms with Gasteiger partial charge in [-0.15, -0.1) is 0 Å². The van der Waals surface area contributed by atoms with Crippen LogP contribution in [-0.2, 0) is 10.0 Å². The zero-order chi connectivity index (χ0) is 18.0. The summed E-state index contributed by atoms with van der Waals surface area (Å²) in [5.41, 5.74) is 0.953. The number of hydrogen-bond acceptors (Lipinski definition) is 7. The van der Waals surface area contributed by atoms with Gasteiger partial charge in [0, 0.05) is 37.1 Å². The van der Waals surface area contributed by atoms with E-state index in [1.807, 2.05) is 19.9 Å². The molecule has 2 aromatic heterocycles. The maximum Gasteiger partial charge on any atom is 0.241 e. The van der Waals surface area contributed by atoms with Gasteiger partial charge in [-0.25, -0.2) is 28.5 Å². The van der Waals surface area contributed by atoms with Crippen LogP contribution >= 0.6 is 0 Å². The van der Waals surface area contributed by atoms with Gasteiger partial charge in [-0.3, -0.25) is 0 Å². The van der Waals surface area contributed by atoms with E-state index in [4.69, 9.17) is 5.14 Å². The molecule has 0 bridgehead atoms. The van der Waals surface area contributed by atoms with Crippen LogP contribution in [0.5, 0.6) is 0 Å². The molecule has 3 rings (SSSR count). The standard InChI is InChI=1S/C16H22N6O2S/c1-11-10-15(20-12(2)19-11)22-8-5-13(6-9-22)21-16-14(25(17,23)24)4-3-7-18-16/h3-4,7,10,13H,5-6,8-9H2,1-2H3,(H,18,21)(H2,17,23,24). The van der Waals surface area contributed by atoms with Gasteiger partial charge in [0.25, 0.3) is 0 Å². The lowest BCUT2D eigenvalue weighted by Crippen LogP contribution is -2.40. The molecule has 0 aromatic carbocycles. The summed E-state index contributed by atoms with van der Waals surface area (Å²) in [5, 5.41) is 8.48. The Balaban J connectivity index is 1.68. The third kappa shape index (κ3) is 4.23. The van der Waals surface area contributed by atoms with E-state index in [2.05, 4.69) is 25.2 Å². The molecule has 134 valence electrons. The minimum absolute atomic E-state index is 0.0273. The van der Waals surface area contributed by atoms with E-state index < -0.39 is 10.0 Å². The molecule has 2 aromatic rings. The molecule has 9 heteroatoms. The second kappa shape index (κ2) is 6.93. The van der Waals surface area contributed by atoms with Crippen molar-refractivity contribution in [2.45, 2.75) is 37.6 Å². The maximum atomic E-state index is 11.7. The Bertz CT molecular complexity index is 842. The molecule has 1 aliphatic rings. The minimum atomic E-state index is -3.80. The highest BCUT2D eigenvalue weighted by atomic mass is 32.2. The van der Waals surface area contributed by atoms with Crippen LogP contribution in [0.25, 0.3) is 0 Å². The van der Waals surface area contributed by atoms with Gasteiger partial charge in [0.05, 0.1) is 0 Å². The fourth-order valence-electron chi connectivity index (χ4n) is 3.03. The van der Waals surface area contributed by atoms with Crippen LogP contribution in [0.2, 0.25) is 0 Å². The number of hydrogen-bond donors (Lipinski definition) is 2. The minimum Gasteiger partial charge on any atom is -0.366 e. The largest absolute Gasteiger partial charge is 0.366 e. The maximum absolute atomic E-state index is 11.7. The van der Waals surface area contributed by atoms with Crippen LogP contribution in [0, 0.1) is 13.8 Å². The van der Waals surface area contributed by atoms with E-state index in [1.165, 1.54) is 6.07 Å². The van der Waals surface area contributed by atoms with Crippen LogP contribution in [0.15, 0.2) is 29.3 Å². The molecule has 3 heterocycles. The van der Waals surface area contributed by atoms with Crippen molar-refractivity contribution >= 4 is 21.7 Å². The summed E-state index contributed by atoms with van der Waals surface area (Å²) in [6.45, 7) is 5.50. The van der Waals surface area contributed by atoms with E-state index >= 15 is 0 Å². The Morgan fingerprint density at radius 2 is 1.96 bits per heavy atom. The van der Waals surface area contributed by atoms with Crippen LogP contribution in [-0.4, -0.2) is 42.5 Å². The van der Waals surface area contributed by atoms with Crippen molar-refractivity contribution in [2.75, 3.05) is 23.3 Å². The number of nitrogens with one attached hydrogen (secondary N) is 1. The third-order valence-corrected chi connectivity index (χ3v) is 5.13. The molecular formula is C16H22N6O2S. The summed E-state index contributed by atoms with van der Waals surface area (Å²) >= 11 is 0. The molecule has 0 spiro atoms. The third-order valence-electron chi connectivity index (χ3n) is 4.19. The van der Waals surface area contributed by atoms with Gasteiger partial charge in [-0.05, 0) is 38.8 Å². The van der Waals surface area contributed by atoms with E-state index in [9.17, 15) is 8.42 Å². The average molecular weight is 362 g/mol. The van der Waals surface area contributed by atoms with Crippen molar-refractivity contribution in [1.82, 2.24) is 15.0 Å². The number of piperidine rings is 1. The Hall–Kier alpha value is -2.26. The predicted molar refractivity (Wildman–Crippen MR) is 96.0 cm³/mol. The molecule has 0 aliphatic carbocycles. The molecule has 3 N–H and O–H groups in total. The van der Waals surface area contributed by atoms with E-state index in [0.717, 1.165) is 43.3 Å². The lowest BCUT2D eigenvalue weighted by molar-refractivity contribution is 0.520. The van der Waals surface area contributed by atoms with E-state index in [-0.39, 0.29) is 10.9 Å². The van der Waals surface area contributed by atoms with Gasteiger partial charge in [-0.1, -0.05) is 0 Å². The topological polar surface area (TPSA) is 114 Å². The molecular weight excluding hydrogens is 340 g/mol. The SMILES string of the molecule is Cc1cc(N2CCC(Nc3ncccc3S(N)(=O)=O)CC2)nc(C)n1. The normalized spacial score (nSPS) is 16.0. The lowest BCUT2D eigenvalue weighted by Gasteiger charge is -2.33. The van der Waals surface area contributed by atoms with Crippen molar-refractivity contribution in [3.05, 3.63) is 35.9 Å². The smallest absolute Gasteiger partial charge is 0.241 e. The van der Waals surface area contributed by atoms with Gasteiger partial charge >= 0.3 is 0 Å². The van der Waals surface area contributed by atoms with Gasteiger partial charge in [0.2, 0.25) is 10.0 Å². The van der Waals surface area contributed by atoms with Crippen molar-refractivity contribution in [3.8, 4) is 0 Å². The van der Waals surface area contributed by atoms with Gasteiger partial charge in [-0.2, -0.15) is 0 Å². The fourth-order valence-corrected chi connectivity index (χ4v) is 3.68. The van der Waals surface area contributed by atoms with Crippen LogP contribution < -0.4 is 15.4 Å². The van der Waals surface area contributed by atoms with Crippen molar-refractivity contribution in [3.63, 3.8) is 0 Å². The molecule has 0 saturated carbocycles. The molecule has 1 saturated heterocycles. The van der Waals surface area contributed by atoms with Crippen LogP contribution in [0.1, 0.15) is 24.4 Å². The summed E-state index contributed by atoms with van der Waals surface area (Å²) in [5.74, 6) is 2.02. The first-order valence-electron chi connectivity index (χ1n) is 8.14. The Morgan fingerprint density at radius 1 is 1.24 bits per heavy atom. The number of primary sulfonamides is 1. The highest BCUT2D eigenvalue weighted by Gasteiger charge is 2.23. The van der Waals surface area contributed by atoms with Gasteiger partial charge in [0.1, 0.15) is 22.4 Å². The average Bonchev–Trinajstić information content (AvgIpc) is 2.54. The summed E-state index contributed by atoms with van der Waals surface area (Å²) in [4.78, 5) is 15.2. The number of aromatic nitrogens is 3. The monoisotopic (exact) mass is 362 g/mol. The second-order valence-corrected chi connectivity index (χ2v) is 7.75. The molecule has 0 unspecified atom stereocenters. The Morgan fingerprint density at radius 3 is 2.60 bits per heavy atom. The number of sulfonamides is 1. The molecule has 0 radical (unpaired) electrons. The molecule has 1 aliphatic heterocycles. The second-order valence-electron chi connectivity index (χ2n) is 6.22. The zero-order valence-corrected chi connectivity index (χ0v) is 15.1. The summed E-state index contributed by atoms with van der Waals surface area (Å²) in [6, 6.07) is 5.15. The first kappa shape index (κ1) is 17.6. The molecule has 1 fully saturated rings. The first-order valence-corrected chi connectivity index (χ1v) is 9.69. The van der Waals surface area contributed by atoms with Crippen LogP contribution in [0.4, 0.5) is 11.6 Å². The zero-order valence-electron chi connectivity index (χ0n) is 14.3. The Labute approximate surface area is 147 Å². The van der Waals surface area contributed by atoms with E-state index in [0.29, 0.717) is 5.82 Å². The number of pyridine rings is 1. The summed E-state index contributed by atoms with van der Waals surface area (Å²) in [7, 11) is -3.80. The number of nitrogens with two attached hydrogens (primary N) is 1. The van der Waals surface area contributed by atoms with Crippen LogP contribution in [0.3, 0.4) is 0 Å². The molecule has 25 heavy (non-hydrogen) atoms. The van der Waals surface area contributed by atoms with Crippen molar-refractivity contribution in [1.29, 1.82) is 0 Å². The number of nitrogens with zero attached hydrogens (tertiary/aromatic N) is 4.